The van der Waals surface area contributed by atoms with Crippen LogP contribution in [-0.2, 0) is 15.8 Å². The standard InChI is InChI=1S/C17H18F3N3O3/c1-23(2)13(14-4-3-9-26-14)10-21-15(24)16(25)22-12-7-5-11(6-8-12)17(18,19)20/h3-9,13H,10H2,1-2H3,(H,21,24)(H,22,25)/t13-/m1/s1. The minimum atomic E-state index is -4.47. The fraction of sp³-hybridized carbons (Fsp3) is 0.294. The molecule has 9 heteroatoms. The van der Waals surface area contributed by atoms with Crippen molar-refractivity contribution in [3.05, 3.63) is 54.0 Å². The summed E-state index contributed by atoms with van der Waals surface area (Å²) < 4.78 is 42.8. The van der Waals surface area contributed by atoms with Crippen LogP contribution in [0.5, 0.6) is 0 Å². The van der Waals surface area contributed by atoms with Gasteiger partial charge in [0.05, 0.1) is 17.9 Å². The van der Waals surface area contributed by atoms with Crippen LogP contribution < -0.4 is 10.6 Å². The van der Waals surface area contributed by atoms with Crippen LogP contribution in [0.1, 0.15) is 17.4 Å². The van der Waals surface area contributed by atoms with E-state index in [1.54, 1.807) is 26.2 Å². The molecule has 0 aliphatic heterocycles. The highest BCUT2D eigenvalue weighted by Crippen LogP contribution is 2.29. The molecular weight excluding hydrogens is 351 g/mol. The number of furan rings is 1. The van der Waals surface area contributed by atoms with Crippen molar-refractivity contribution >= 4 is 17.5 Å². The fourth-order valence-electron chi connectivity index (χ4n) is 2.22. The first-order chi connectivity index (χ1) is 12.2. The molecular formula is C17H18F3N3O3. The molecule has 0 fully saturated rings. The van der Waals surface area contributed by atoms with Crippen LogP contribution in [0, 0.1) is 0 Å². The Morgan fingerprint density at radius 3 is 2.27 bits per heavy atom. The largest absolute Gasteiger partial charge is 0.468 e. The average Bonchev–Trinajstić information content (AvgIpc) is 3.08. The van der Waals surface area contributed by atoms with Gasteiger partial charge in [-0.05, 0) is 50.5 Å². The number of amides is 2. The number of halogens is 3. The monoisotopic (exact) mass is 369 g/mol. The maximum atomic E-state index is 12.5. The highest BCUT2D eigenvalue weighted by molar-refractivity contribution is 6.39. The average molecular weight is 369 g/mol. The number of likely N-dealkylation sites (N-methyl/N-ethyl adjacent to an activating group) is 1. The third-order valence-corrected chi connectivity index (χ3v) is 3.63. The van der Waals surface area contributed by atoms with Gasteiger partial charge in [0, 0.05) is 12.2 Å². The number of carbonyl (C=O) groups is 2. The Morgan fingerprint density at radius 2 is 1.77 bits per heavy atom. The van der Waals surface area contributed by atoms with Crippen LogP contribution >= 0.6 is 0 Å². The summed E-state index contributed by atoms with van der Waals surface area (Å²) >= 11 is 0. The molecule has 0 saturated carbocycles. The second kappa shape index (κ2) is 8.05. The van der Waals surface area contributed by atoms with Crippen molar-refractivity contribution in [2.75, 3.05) is 26.0 Å². The Bertz CT molecular complexity index is 741. The molecule has 26 heavy (non-hydrogen) atoms. The van der Waals surface area contributed by atoms with Crippen molar-refractivity contribution in [3.63, 3.8) is 0 Å². The summed E-state index contributed by atoms with van der Waals surface area (Å²) in [5.41, 5.74) is -0.749. The molecule has 6 nitrogen and oxygen atoms in total. The molecule has 1 atom stereocenters. The summed E-state index contributed by atoms with van der Waals surface area (Å²) in [5, 5.41) is 4.73. The molecule has 2 N–H and O–H groups in total. The summed E-state index contributed by atoms with van der Waals surface area (Å²) in [6.45, 7) is 0.125. The molecule has 1 heterocycles. The summed E-state index contributed by atoms with van der Waals surface area (Å²) in [6, 6.07) is 7.01. The molecule has 1 aromatic heterocycles. The van der Waals surface area contributed by atoms with Crippen LogP contribution in [0.2, 0.25) is 0 Å². The number of benzene rings is 1. The number of alkyl halides is 3. The number of hydrogen-bond acceptors (Lipinski definition) is 4. The molecule has 0 aliphatic carbocycles. The third-order valence-electron chi connectivity index (χ3n) is 3.63. The van der Waals surface area contributed by atoms with Crippen molar-refractivity contribution in [2.24, 2.45) is 0 Å². The van der Waals surface area contributed by atoms with Crippen molar-refractivity contribution in [2.45, 2.75) is 12.2 Å². The molecule has 2 rings (SSSR count). The van der Waals surface area contributed by atoms with E-state index in [2.05, 4.69) is 10.6 Å². The zero-order chi connectivity index (χ0) is 19.3. The van der Waals surface area contributed by atoms with Gasteiger partial charge in [-0.15, -0.1) is 0 Å². The number of nitrogens with one attached hydrogen (secondary N) is 2. The lowest BCUT2D eigenvalue weighted by molar-refractivity contribution is -0.137. The van der Waals surface area contributed by atoms with Crippen molar-refractivity contribution in [1.82, 2.24) is 10.2 Å². The van der Waals surface area contributed by atoms with Crippen LogP contribution in [0.3, 0.4) is 0 Å². The van der Waals surface area contributed by atoms with Crippen molar-refractivity contribution in [3.8, 4) is 0 Å². The Kier molecular flexibility index (Phi) is 6.04. The smallest absolute Gasteiger partial charge is 0.416 e. The van der Waals surface area contributed by atoms with E-state index >= 15 is 0 Å². The maximum Gasteiger partial charge on any atom is 0.416 e. The minimum absolute atomic E-state index is 0.0911. The van der Waals surface area contributed by atoms with Crippen molar-refractivity contribution < 1.29 is 27.2 Å². The highest BCUT2D eigenvalue weighted by Gasteiger charge is 2.30. The van der Waals surface area contributed by atoms with Gasteiger partial charge in [0.15, 0.2) is 0 Å². The van der Waals surface area contributed by atoms with E-state index in [0.717, 1.165) is 24.3 Å². The lowest BCUT2D eigenvalue weighted by Crippen LogP contribution is -2.40. The predicted molar refractivity (Wildman–Crippen MR) is 88.2 cm³/mol. The van der Waals surface area contributed by atoms with E-state index in [4.69, 9.17) is 4.42 Å². The number of hydrogen-bond donors (Lipinski definition) is 2. The van der Waals surface area contributed by atoms with Gasteiger partial charge in [-0.25, -0.2) is 0 Å². The number of carbonyl (C=O) groups excluding carboxylic acids is 2. The molecule has 0 radical (unpaired) electrons. The van der Waals surface area contributed by atoms with Gasteiger partial charge in [0.1, 0.15) is 5.76 Å². The second-order valence-corrected chi connectivity index (χ2v) is 5.73. The maximum absolute atomic E-state index is 12.5. The molecule has 0 saturated heterocycles. The van der Waals surface area contributed by atoms with E-state index in [1.807, 2.05) is 4.90 Å². The highest BCUT2D eigenvalue weighted by atomic mass is 19.4. The zero-order valence-electron chi connectivity index (χ0n) is 14.1. The lowest BCUT2D eigenvalue weighted by atomic mass is 10.2. The molecule has 0 spiro atoms. The van der Waals surface area contributed by atoms with Gasteiger partial charge in [0.2, 0.25) is 0 Å². The van der Waals surface area contributed by atoms with E-state index < -0.39 is 23.6 Å². The Hall–Kier alpha value is -2.81. The first-order valence-corrected chi connectivity index (χ1v) is 7.64. The normalized spacial score (nSPS) is 12.7. The van der Waals surface area contributed by atoms with Gasteiger partial charge in [-0.3, -0.25) is 14.5 Å². The molecule has 0 aliphatic rings. The molecule has 0 unspecified atom stereocenters. The van der Waals surface area contributed by atoms with Crippen LogP contribution in [0.15, 0.2) is 47.1 Å². The quantitative estimate of drug-likeness (QED) is 0.795. The van der Waals surface area contributed by atoms with Gasteiger partial charge >= 0.3 is 18.0 Å². The fourth-order valence-corrected chi connectivity index (χ4v) is 2.22. The van der Waals surface area contributed by atoms with Crippen LogP contribution in [0.4, 0.5) is 18.9 Å². The van der Waals surface area contributed by atoms with Crippen LogP contribution in [-0.4, -0.2) is 37.4 Å². The van der Waals surface area contributed by atoms with Gasteiger partial charge in [-0.2, -0.15) is 13.2 Å². The molecule has 0 bridgehead atoms. The molecule has 2 aromatic rings. The SMILES string of the molecule is CN(C)[C@H](CNC(=O)C(=O)Nc1ccc(C(F)(F)F)cc1)c1ccco1. The summed E-state index contributed by atoms with van der Waals surface area (Å²) in [4.78, 5) is 25.6. The molecule has 2 amide bonds. The summed E-state index contributed by atoms with van der Waals surface area (Å²) in [6.07, 6.45) is -2.96. The first-order valence-electron chi connectivity index (χ1n) is 7.64. The van der Waals surface area contributed by atoms with Crippen LogP contribution in [0.25, 0.3) is 0 Å². The van der Waals surface area contributed by atoms with E-state index in [0.29, 0.717) is 5.76 Å². The number of anilines is 1. The Balaban J connectivity index is 1.92. The lowest BCUT2D eigenvalue weighted by Gasteiger charge is -2.22. The van der Waals surface area contributed by atoms with E-state index in [9.17, 15) is 22.8 Å². The Labute approximate surface area is 148 Å². The second-order valence-electron chi connectivity index (χ2n) is 5.73. The van der Waals surface area contributed by atoms with Crippen molar-refractivity contribution in [1.29, 1.82) is 0 Å². The molecule has 1 aromatic carbocycles. The van der Waals surface area contributed by atoms with Gasteiger partial charge < -0.3 is 15.1 Å². The van der Waals surface area contributed by atoms with E-state index in [1.165, 1.54) is 6.26 Å². The third kappa shape index (κ3) is 5.09. The predicted octanol–water partition coefficient (Wildman–Crippen LogP) is 2.66. The minimum Gasteiger partial charge on any atom is -0.468 e. The van der Waals surface area contributed by atoms with Gasteiger partial charge in [0.25, 0.3) is 0 Å². The first kappa shape index (κ1) is 19.5. The molecule has 140 valence electrons. The zero-order valence-corrected chi connectivity index (χ0v) is 14.1. The topological polar surface area (TPSA) is 74.6 Å². The van der Waals surface area contributed by atoms with Gasteiger partial charge in [-0.1, -0.05) is 0 Å². The summed E-state index contributed by atoms with van der Waals surface area (Å²) in [5.74, 6) is -1.25. The van der Waals surface area contributed by atoms with E-state index in [-0.39, 0.29) is 18.3 Å². The summed E-state index contributed by atoms with van der Waals surface area (Å²) in [7, 11) is 3.59. The Morgan fingerprint density at radius 1 is 1.12 bits per heavy atom. The number of rotatable bonds is 5. The number of nitrogens with zero attached hydrogens (tertiary/aromatic N) is 1.